The van der Waals surface area contributed by atoms with Crippen molar-refractivity contribution in [1.82, 2.24) is 0 Å². The van der Waals surface area contributed by atoms with Gasteiger partial charge >= 0.3 is 5.97 Å². The number of carboxylic acids is 1. The molecule has 0 heterocycles. The van der Waals surface area contributed by atoms with Crippen molar-refractivity contribution in [2.24, 2.45) is 5.73 Å². The van der Waals surface area contributed by atoms with Crippen molar-refractivity contribution in [3.05, 3.63) is 27.7 Å². The number of halogens is 1. The van der Waals surface area contributed by atoms with Crippen LogP contribution in [-0.4, -0.2) is 23.5 Å². The first-order valence-corrected chi connectivity index (χ1v) is 6.87. The second-order valence-electron chi connectivity index (χ2n) is 4.18. The summed E-state index contributed by atoms with van der Waals surface area (Å²) in [5.41, 5.74) is 6.14. The van der Waals surface area contributed by atoms with E-state index in [9.17, 15) is 9.59 Å². The smallest absolute Gasteiger partial charge is 0.336 e. The first-order valence-electron chi connectivity index (χ1n) is 6.07. The summed E-state index contributed by atoms with van der Waals surface area (Å²) in [6.07, 6.45) is 3.11. The zero-order chi connectivity index (χ0) is 14.4. The van der Waals surface area contributed by atoms with Crippen LogP contribution in [0.4, 0.5) is 5.69 Å². The molecule has 4 N–H and O–H groups in total. The molecular weight excluding hydrogens is 312 g/mol. The van der Waals surface area contributed by atoms with E-state index < -0.39 is 11.9 Å². The van der Waals surface area contributed by atoms with Crippen LogP contribution in [0.2, 0.25) is 0 Å². The maximum Gasteiger partial charge on any atom is 0.336 e. The van der Waals surface area contributed by atoms with Crippen molar-refractivity contribution in [1.29, 1.82) is 0 Å². The number of hydrogen-bond acceptors (Lipinski definition) is 3. The summed E-state index contributed by atoms with van der Waals surface area (Å²) >= 11 is 3.13. The lowest BCUT2D eigenvalue weighted by atomic mass is 10.1. The van der Waals surface area contributed by atoms with Gasteiger partial charge in [-0.1, -0.05) is 19.8 Å². The summed E-state index contributed by atoms with van der Waals surface area (Å²) < 4.78 is 0.341. The first-order chi connectivity index (χ1) is 8.97. The van der Waals surface area contributed by atoms with Crippen molar-refractivity contribution in [3.63, 3.8) is 0 Å². The highest BCUT2D eigenvalue weighted by atomic mass is 79.9. The minimum atomic E-state index is -1.06. The average Bonchev–Trinajstić information content (AvgIpc) is 2.35. The van der Waals surface area contributed by atoms with E-state index in [-0.39, 0.29) is 11.1 Å². The number of nitrogens with one attached hydrogen (secondary N) is 1. The van der Waals surface area contributed by atoms with Crippen molar-refractivity contribution in [3.8, 4) is 0 Å². The van der Waals surface area contributed by atoms with Crippen LogP contribution < -0.4 is 11.1 Å². The quantitative estimate of drug-likeness (QED) is 0.671. The van der Waals surface area contributed by atoms with Crippen molar-refractivity contribution >= 4 is 33.5 Å². The summed E-state index contributed by atoms with van der Waals surface area (Å²) in [5.74, 6) is -1.64. The molecule has 19 heavy (non-hydrogen) atoms. The molecule has 0 atom stereocenters. The number of unbranched alkanes of at least 4 members (excludes halogenated alkanes) is 2. The van der Waals surface area contributed by atoms with E-state index >= 15 is 0 Å². The Hall–Kier alpha value is -1.56. The Morgan fingerprint density at radius 2 is 2.00 bits per heavy atom. The maximum atomic E-state index is 11.4. The van der Waals surface area contributed by atoms with Gasteiger partial charge in [0.1, 0.15) is 0 Å². The Morgan fingerprint density at radius 1 is 1.32 bits per heavy atom. The second kappa shape index (κ2) is 7.13. The summed E-state index contributed by atoms with van der Waals surface area (Å²) in [5, 5.41) is 12.1. The molecule has 0 aliphatic rings. The predicted octanol–water partition coefficient (Wildman–Crippen LogP) is 2.85. The standard InChI is InChI=1S/C13H17BrN2O3/c1-2-3-4-5-16-11-7-8(13(18)19)10(14)6-9(11)12(15)17/h6-7,16H,2-5H2,1H3,(H2,15,17)(H,18,19). The topological polar surface area (TPSA) is 92.4 Å². The van der Waals surface area contributed by atoms with E-state index in [4.69, 9.17) is 10.8 Å². The van der Waals surface area contributed by atoms with E-state index in [0.717, 1.165) is 19.3 Å². The van der Waals surface area contributed by atoms with E-state index in [1.165, 1.54) is 12.1 Å². The van der Waals surface area contributed by atoms with Crippen molar-refractivity contribution < 1.29 is 14.7 Å². The van der Waals surface area contributed by atoms with Crippen LogP contribution in [-0.2, 0) is 0 Å². The van der Waals surface area contributed by atoms with Gasteiger partial charge in [-0.05, 0) is 34.5 Å². The Morgan fingerprint density at radius 3 is 2.53 bits per heavy atom. The van der Waals surface area contributed by atoms with Gasteiger partial charge in [0, 0.05) is 16.7 Å². The normalized spacial score (nSPS) is 10.2. The van der Waals surface area contributed by atoms with Crippen LogP contribution in [0.25, 0.3) is 0 Å². The molecule has 1 amide bonds. The molecule has 0 saturated heterocycles. The van der Waals surface area contributed by atoms with Crippen LogP contribution in [0, 0.1) is 0 Å². The third-order valence-corrected chi connectivity index (χ3v) is 3.35. The largest absolute Gasteiger partial charge is 0.478 e. The summed E-state index contributed by atoms with van der Waals surface area (Å²) in [7, 11) is 0. The number of hydrogen-bond donors (Lipinski definition) is 3. The van der Waals surface area contributed by atoms with Crippen LogP contribution in [0.3, 0.4) is 0 Å². The molecule has 0 radical (unpaired) electrons. The molecule has 0 aromatic heterocycles. The summed E-state index contributed by atoms with van der Waals surface area (Å²) in [6, 6.07) is 2.87. The third-order valence-electron chi connectivity index (χ3n) is 2.70. The van der Waals surface area contributed by atoms with E-state index in [1.54, 1.807) is 0 Å². The fraction of sp³-hybridized carbons (Fsp3) is 0.385. The maximum absolute atomic E-state index is 11.4. The van der Waals surface area contributed by atoms with E-state index in [2.05, 4.69) is 28.2 Å². The fourth-order valence-electron chi connectivity index (χ4n) is 1.69. The molecule has 0 aliphatic carbocycles. The van der Waals surface area contributed by atoms with Gasteiger partial charge in [-0.15, -0.1) is 0 Å². The third kappa shape index (κ3) is 4.24. The van der Waals surface area contributed by atoms with Gasteiger partial charge in [-0.2, -0.15) is 0 Å². The SMILES string of the molecule is CCCCCNc1cc(C(=O)O)c(Br)cc1C(N)=O. The molecule has 1 aromatic rings. The lowest BCUT2D eigenvalue weighted by Gasteiger charge is -2.12. The molecule has 0 unspecified atom stereocenters. The van der Waals surface area contributed by atoms with Gasteiger partial charge in [-0.25, -0.2) is 4.79 Å². The number of nitrogens with two attached hydrogens (primary N) is 1. The Kier molecular flexibility index (Phi) is 5.82. The summed E-state index contributed by atoms with van der Waals surface area (Å²) in [6.45, 7) is 2.77. The molecule has 0 saturated carbocycles. The minimum absolute atomic E-state index is 0.1000. The lowest BCUT2D eigenvalue weighted by Crippen LogP contribution is -2.16. The molecule has 1 aromatic carbocycles. The number of primary amides is 1. The highest BCUT2D eigenvalue weighted by Crippen LogP contribution is 2.26. The van der Waals surface area contributed by atoms with Gasteiger partial charge in [0.25, 0.3) is 5.91 Å². The number of benzene rings is 1. The number of rotatable bonds is 7. The van der Waals surface area contributed by atoms with Crippen LogP contribution in [0.15, 0.2) is 16.6 Å². The number of amides is 1. The Balaban J connectivity index is 3.01. The van der Waals surface area contributed by atoms with Crippen LogP contribution >= 0.6 is 15.9 Å². The van der Waals surface area contributed by atoms with Crippen molar-refractivity contribution in [2.75, 3.05) is 11.9 Å². The molecule has 0 spiro atoms. The van der Waals surface area contributed by atoms with Crippen LogP contribution in [0.1, 0.15) is 46.9 Å². The molecule has 0 bridgehead atoms. The fourth-order valence-corrected chi connectivity index (χ4v) is 2.20. The number of aromatic carboxylic acids is 1. The highest BCUT2D eigenvalue weighted by Gasteiger charge is 2.16. The van der Waals surface area contributed by atoms with Crippen molar-refractivity contribution in [2.45, 2.75) is 26.2 Å². The van der Waals surface area contributed by atoms with Gasteiger partial charge in [0.05, 0.1) is 11.1 Å². The Labute approximate surface area is 120 Å². The molecule has 0 fully saturated rings. The molecule has 104 valence electrons. The summed E-state index contributed by atoms with van der Waals surface area (Å²) in [4.78, 5) is 22.4. The molecule has 6 heteroatoms. The second-order valence-corrected chi connectivity index (χ2v) is 5.04. The number of carbonyl (C=O) groups is 2. The molecule has 1 rings (SSSR count). The number of carbonyl (C=O) groups excluding carboxylic acids is 1. The number of anilines is 1. The average molecular weight is 329 g/mol. The van der Waals surface area contributed by atoms with Gasteiger partial charge in [0.2, 0.25) is 0 Å². The molecule has 5 nitrogen and oxygen atoms in total. The van der Waals surface area contributed by atoms with Gasteiger partial charge < -0.3 is 16.2 Å². The predicted molar refractivity (Wildman–Crippen MR) is 77.6 cm³/mol. The number of carboxylic acid groups (broad SMARTS) is 1. The molecule has 0 aliphatic heterocycles. The van der Waals surface area contributed by atoms with E-state index in [1.807, 2.05) is 0 Å². The molecular formula is C13H17BrN2O3. The monoisotopic (exact) mass is 328 g/mol. The Bertz CT molecular complexity index is 489. The minimum Gasteiger partial charge on any atom is -0.478 e. The zero-order valence-electron chi connectivity index (χ0n) is 10.7. The van der Waals surface area contributed by atoms with Gasteiger partial charge in [0.15, 0.2) is 0 Å². The lowest BCUT2D eigenvalue weighted by molar-refractivity contribution is 0.0695. The van der Waals surface area contributed by atoms with Crippen LogP contribution in [0.5, 0.6) is 0 Å². The van der Waals surface area contributed by atoms with E-state index in [0.29, 0.717) is 16.7 Å². The highest BCUT2D eigenvalue weighted by molar-refractivity contribution is 9.10. The zero-order valence-corrected chi connectivity index (χ0v) is 12.3. The first kappa shape index (κ1) is 15.5. The van der Waals surface area contributed by atoms with Gasteiger partial charge in [-0.3, -0.25) is 4.79 Å².